The molecular weight excluding hydrogens is 272 g/mol. The lowest BCUT2D eigenvalue weighted by Crippen LogP contribution is -2.41. The third-order valence-corrected chi connectivity index (χ3v) is 4.07. The van der Waals surface area contributed by atoms with Crippen molar-refractivity contribution in [3.63, 3.8) is 0 Å². The predicted octanol–water partition coefficient (Wildman–Crippen LogP) is 1.80. The van der Waals surface area contributed by atoms with E-state index in [9.17, 15) is 0 Å². The van der Waals surface area contributed by atoms with E-state index < -0.39 is 0 Å². The second kappa shape index (κ2) is 8.35. The van der Waals surface area contributed by atoms with Crippen LogP contribution in [0.15, 0.2) is 41.6 Å². The van der Waals surface area contributed by atoms with E-state index in [2.05, 4.69) is 4.98 Å². The second-order valence-corrected chi connectivity index (χ2v) is 5.78. The van der Waals surface area contributed by atoms with Gasteiger partial charge in [0.05, 0.1) is 6.54 Å². The van der Waals surface area contributed by atoms with Gasteiger partial charge < -0.3 is 5.73 Å². The number of hydrazine groups is 1. The Morgan fingerprint density at radius 1 is 1.47 bits per heavy atom. The van der Waals surface area contributed by atoms with Crippen LogP contribution < -0.4 is 11.6 Å². The summed E-state index contributed by atoms with van der Waals surface area (Å²) in [5, 5.41) is 2.53. The number of nitrogens with two attached hydrogens (primary N) is 2. The molecule has 1 aromatic rings. The molecular formula is C10H14N4S3. The fourth-order valence-electron chi connectivity index (χ4n) is 0.876. The Balaban J connectivity index is 2.12. The van der Waals surface area contributed by atoms with Crippen molar-refractivity contribution in [3.05, 3.63) is 36.5 Å². The fourth-order valence-corrected chi connectivity index (χ4v) is 2.69. The molecule has 1 heterocycles. The molecule has 92 valence electrons. The minimum atomic E-state index is 0.199. The summed E-state index contributed by atoms with van der Waals surface area (Å²) < 4.78 is 0. The molecule has 0 aliphatic carbocycles. The number of pyridine rings is 1. The van der Waals surface area contributed by atoms with Crippen LogP contribution in [0.5, 0.6) is 0 Å². The highest BCUT2D eigenvalue weighted by molar-refractivity contribution is 8.76. The van der Waals surface area contributed by atoms with Crippen molar-refractivity contribution in [3.8, 4) is 0 Å². The lowest BCUT2D eigenvalue weighted by molar-refractivity contribution is 0.493. The van der Waals surface area contributed by atoms with Crippen LogP contribution in [0.4, 0.5) is 0 Å². The van der Waals surface area contributed by atoms with E-state index >= 15 is 0 Å². The molecule has 7 heteroatoms. The molecule has 4 nitrogen and oxygen atoms in total. The average molecular weight is 286 g/mol. The summed E-state index contributed by atoms with van der Waals surface area (Å²) >= 11 is 4.71. The van der Waals surface area contributed by atoms with E-state index in [1.807, 2.05) is 30.4 Å². The fraction of sp³-hybridized carbons (Fsp3) is 0.200. The van der Waals surface area contributed by atoms with Gasteiger partial charge in [0.15, 0.2) is 5.11 Å². The van der Waals surface area contributed by atoms with Gasteiger partial charge in [0, 0.05) is 11.9 Å². The first kappa shape index (κ1) is 14.3. The summed E-state index contributed by atoms with van der Waals surface area (Å²) in [5.74, 6) is 6.40. The smallest absolute Gasteiger partial charge is 0.180 e. The van der Waals surface area contributed by atoms with E-state index in [1.165, 1.54) is 5.01 Å². The van der Waals surface area contributed by atoms with E-state index in [-0.39, 0.29) is 5.11 Å². The van der Waals surface area contributed by atoms with Gasteiger partial charge in [-0.15, -0.1) is 0 Å². The average Bonchev–Trinajstić information content (AvgIpc) is 2.34. The number of nitrogens with zero attached hydrogens (tertiary/aromatic N) is 2. The maximum atomic E-state index is 5.52. The van der Waals surface area contributed by atoms with Gasteiger partial charge in [0.25, 0.3) is 0 Å². The van der Waals surface area contributed by atoms with Gasteiger partial charge in [-0.3, -0.25) is 5.01 Å². The molecule has 1 rings (SSSR count). The van der Waals surface area contributed by atoms with Gasteiger partial charge in [-0.1, -0.05) is 29.0 Å². The first-order valence-corrected chi connectivity index (χ1v) is 7.60. The summed E-state index contributed by atoms with van der Waals surface area (Å²) in [5.41, 5.74) is 5.33. The molecule has 0 radical (unpaired) electrons. The van der Waals surface area contributed by atoms with Gasteiger partial charge in [0.1, 0.15) is 5.03 Å². The molecule has 1 aromatic heterocycles. The van der Waals surface area contributed by atoms with Gasteiger partial charge in [0.2, 0.25) is 0 Å². The summed E-state index contributed by atoms with van der Waals surface area (Å²) in [6, 6.07) is 5.86. The normalized spacial score (nSPS) is 10.6. The van der Waals surface area contributed by atoms with Gasteiger partial charge in [-0.05, 0) is 35.1 Å². The van der Waals surface area contributed by atoms with E-state index in [0.717, 1.165) is 10.8 Å². The molecule has 0 saturated carbocycles. The molecule has 0 aliphatic rings. The third-order valence-electron chi connectivity index (χ3n) is 1.70. The highest BCUT2D eigenvalue weighted by Crippen LogP contribution is 2.28. The Morgan fingerprint density at radius 2 is 2.29 bits per heavy atom. The molecule has 0 bridgehead atoms. The number of thiocarbonyl (C=S) groups is 1. The van der Waals surface area contributed by atoms with Crippen molar-refractivity contribution in [1.82, 2.24) is 9.99 Å². The van der Waals surface area contributed by atoms with Crippen LogP contribution in [0.25, 0.3) is 0 Å². The molecule has 0 atom stereocenters. The third kappa shape index (κ3) is 6.52. The quantitative estimate of drug-likeness (QED) is 0.206. The molecule has 0 spiro atoms. The number of hydrogen-bond donors (Lipinski definition) is 2. The zero-order chi connectivity index (χ0) is 12.5. The van der Waals surface area contributed by atoms with Crippen molar-refractivity contribution < 1.29 is 0 Å². The number of aromatic nitrogens is 1. The first-order chi connectivity index (χ1) is 8.20. The minimum absolute atomic E-state index is 0.199. The van der Waals surface area contributed by atoms with Crippen molar-refractivity contribution in [2.24, 2.45) is 11.6 Å². The molecule has 0 aliphatic heterocycles. The molecule has 0 fully saturated rings. The van der Waals surface area contributed by atoms with Crippen LogP contribution in [0.1, 0.15) is 0 Å². The second-order valence-electron chi connectivity index (χ2n) is 3.00. The number of hydrogen-bond acceptors (Lipinski definition) is 5. The first-order valence-electron chi connectivity index (χ1n) is 4.87. The van der Waals surface area contributed by atoms with E-state index in [4.69, 9.17) is 23.8 Å². The van der Waals surface area contributed by atoms with Crippen molar-refractivity contribution in [2.45, 2.75) is 5.03 Å². The zero-order valence-corrected chi connectivity index (χ0v) is 11.6. The van der Waals surface area contributed by atoms with Gasteiger partial charge in [-0.2, -0.15) is 0 Å². The van der Waals surface area contributed by atoms with Crippen LogP contribution in [-0.4, -0.2) is 27.4 Å². The summed E-state index contributed by atoms with van der Waals surface area (Å²) in [4.78, 5) is 4.20. The van der Waals surface area contributed by atoms with E-state index in [0.29, 0.717) is 6.54 Å². The van der Waals surface area contributed by atoms with Crippen LogP contribution >= 0.6 is 33.8 Å². The molecule has 0 amide bonds. The Kier molecular flexibility index (Phi) is 7.02. The monoisotopic (exact) mass is 286 g/mol. The summed E-state index contributed by atoms with van der Waals surface area (Å²) in [6.45, 7) is 0.532. The molecule has 4 N–H and O–H groups in total. The lowest BCUT2D eigenvalue weighted by Gasteiger charge is -2.12. The van der Waals surface area contributed by atoms with Crippen LogP contribution in [0.3, 0.4) is 0 Å². The van der Waals surface area contributed by atoms with Crippen LogP contribution in [0.2, 0.25) is 0 Å². The Morgan fingerprint density at radius 3 is 2.94 bits per heavy atom. The maximum absolute atomic E-state index is 5.52. The Bertz CT molecular complexity index is 369. The largest absolute Gasteiger partial charge is 0.375 e. The topological polar surface area (TPSA) is 68.2 Å². The highest BCUT2D eigenvalue weighted by atomic mass is 33.1. The van der Waals surface area contributed by atoms with Crippen LogP contribution in [-0.2, 0) is 0 Å². The minimum Gasteiger partial charge on any atom is -0.375 e. The van der Waals surface area contributed by atoms with Crippen LogP contribution in [0, 0.1) is 0 Å². The number of rotatable bonds is 6. The van der Waals surface area contributed by atoms with Gasteiger partial charge in [-0.25, -0.2) is 10.8 Å². The van der Waals surface area contributed by atoms with Crippen molar-refractivity contribution in [2.75, 3.05) is 12.3 Å². The molecule has 0 unspecified atom stereocenters. The standard InChI is InChI=1S/C10H14N4S3/c11-10(15)14(12)7-3-4-8-16-17-9-5-1-2-6-13-9/h1-6H,7-8,12H2,(H2,11,15)/b4-3+. The van der Waals surface area contributed by atoms with Crippen molar-refractivity contribution >= 4 is 38.9 Å². The predicted molar refractivity (Wildman–Crippen MR) is 79.4 cm³/mol. The lowest BCUT2D eigenvalue weighted by atomic mass is 10.5. The molecule has 17 heavy (non-hydrogen) atoms. The van der Waals surface area contributed by atoms with Crippen molar-refractivity contribution in [1.29, 1.82) is 0 Å². The van der Waals surface area contributed by atoms with E-state index in [1.54, 1.807) is 27.8 Å². The molecule has 0 aromatic carbocycles. The Labute approximate surface area is 114 Å². The Hall–Kier alpha value is -0.760. The summed E-state index contributed by atoms with van der Waals surface area (Å²) in [6.07, 6.45) is 5.75. The maximum Gasteiger partial charge on any atom is 0.180 e. The SMILES string of the molecule is NC(=S)N(N)C/C=C/CSSc1ccccn1. The summed E-state index contributed by atoms with van der Waals surface area (Å²) in [7, 11) is 3.35. The van der Waals surface area contributed by atoms with Gasteiger partial charge >= 0.3 is 0 Å². The highest BCUT2D eigenvalue weighted by Gasteiger charge is 1.95. The zero-order valence-electron chi connectivity index (χ0n) is 9.15. The molecule has 0 saturated heterocycles.